The van der Waals surface area contributed by atoms with Gasteiger partial charge in [0.1, 0.15) is 0 Å². The van der Waals surface area contributed by atoms with Gasteiger partial charge in [0.25, 0.3) is 0 Å². The van der Waals surface area contributed by atoms with Crippen LogP contribution in [0.5, 0.6) is 0 Å². The molecule has 72 valence electrons. The van der Waals surface area contributed by atoms with Gasteiger partial charge in [-0.25, -0.2) is 0 Å². The van der Waals surface area contributed by atoms with E-state index in [9.17, 15) is 4.91 Å². The van der Waals surface area contributed by atoms with Crippen LogP contribution in [0, 0.1) is 4.91 Å². The van der Waals surface area contributed by atoms with Crippen molar-refractivity contribution >= 4 is 0 Å². The molecule has 0 saturated heterocycles. The van der Waals surface area contributed by atoms with Crippen LogP contribution in [0.15, 0.2) is 5.34 Å². The zero-order valence-electron chi connectivity index (χ0n) is 7.78. The van der Waals surface area contributed by atoms with Crippen LogP contribution >= 0.6 is 0 Å². The van der Waals surface area contributed by atoms with E-state index in [1.807, 2.05) is 0 Å². The SMILES string of the molecule is CCCCCCC(OC)ON=O. The Bertz CT molecular complexity index is 108. The summed E-state index contributed by atoms with van der Waals surface area (Å²) >= 11 is 0. The lowest BCUT2D eigenvalue weighted by atomic mass is 10.1. The first-order valence-corrected chi connectivity index (χ1v) is 4.36. The van der Waals surface area contributed by atoms with Crippen molar-refractivity contribution in [1.29, 1.82) is 0 Å². The van der Waals surface area contributed by atoms with Gasteiger partial charge in [-0.1, -0.05) is 26.2 Å². The number of rotatable bonds is 8. The third kappa shape index (κ3) is 6.09. The maximum absolute atomic E-state index is 9.71. The molecule has 0 aromatic rings. The highest BCUT2D eigenvalue weighted by Gasteiger charge is 2.06. The molecule has 0 bridgehead atoms. The van der Waals surface area contributed by atoms with E-state index in [2.05, 4.69) is 17.1 Å². The van der Waals surface area contributed by atoms with Crippen LogP contribution in [0.2, 0.25) is 0 Å². The van der Waals surface area contributed by atoms with E-state index in [4.69, 9.17) is 4.74 Å². The molecule has 0 fully saturated rings. The minimum atomic E-state index is -0.459. The molecule has 12 heavy (non-hydrogen) atoms. The fourth-order valence-electron chi connectivity index (χ4n) is 0.999. The van der Waals surface area contributed by atoms with Crippen molar-refractivity contribution in [3.05, 3.63) is 4.91 Å². The average Bonchev–Trinajstić information content (AvgIpc) is 2.10. The van der Waals surface area contributed by atoms with Gasteiger partial charge in [-0.3, -0.25) is 0 Å². The Morgan fingerprint density at radius 2 is 2.08 bits per heavy atom. The third-order valence-corrected chi connectivity index (χ3v) is 1.72. The topological polar surface area (TPSA) is 47.9 Å². The average molecular weight is 175 g/mol. The van der Waals surface area contributed by atoms with E-state index in [0.717, 1.165) is 19.3 Å². The molecule has 0 aromatic carbocycles. The molecule has 0 heterocycles. The highest BCUT2D eigenvalue weighted by molar-refractivity contribution is 4.45. The molecular weight excluding hydrogens is 158 g/mol. The van der Waals surface area contributed by atoms with Gasteiger partial charge in [-0.15, -0.1) is 4.91 Å². The Morgan fingerprint density at radius 3 is 2.58 bits per heavy atom. The zero-order valence-corrected chi connectivity index (χ0v) is 7.78. The van der Waals surface area contributed by atoms with Crippen molar-refractivity contribution in [2.45, 2.75) is 45.3 Å². The lowest BCUT2D eigenvalue weighted by Crippen LogP contribution is -2.11. The van der Waals surface area contributed by atoms with Crippen LogP contribution < -0.4 is 0 Å². The fourth-order valence-corrected chi connectivity index (χ4v) is 0.999. The van der Waals surface area contributed by atoms with Crippen LogP contribution in [0.1, 0.15) is 39.0 Å². The molecule has 0 radical (unpaired) electrons. The van der Waals surface area contributed by atoms with Gasteiger partial charge < -0.3 is 9.57 Å². The number of nitrogens with zero attached hydrogens (tertiary/aromatic N) is 1. The van der Waals surface area contributed by atoms with Crippen molar-refractivity contribution in [2.24, 2.45) is 5.34 Å². The first-order chi connectivity index (χ1) is 5.85. The zero-order chi connectivity index (χ0) is 9.23. The molecule has 0 aliphatic carbocycles. The summed E-state index contributed by atoms with van der Waals surface area (Å²) in [6.45, 7) is 2.15. The minimum absolute atomic E-state index is 0.459. The molecule has 0 N–H and O–H groups in total. The lowest BCUT2D eigenvalue weighted by molar-refractivity contribution is -0.129. The Morgan fingerprint density at radius 1 is 1.33 bits per heavy atom. The maximum Gasteiger partial charge on any atom is 0.229 e. The Kier molecular flexibility index (Phi) is 8.01. The summed E-state index contributed by atoms with van der Waals surface area (Å²) in [6, 6.07) is 0. The van der Waals surface area contributed by atoms with Gasteiger partial charge in [0.05, 0.1) is 0 Å². The van der Waals surface area contributed by atoms with Crippen LogP contribution in [0.25, 0.3) is 0 Å². The van der Waals surface area contributed by atoms with E-state index in [-0.39, 0.29) is 0 Å². The monoisotopic (exact) mass is 175 g/mol. The van der Waals surface area contributed by atoms with E-state index < -0.39 is 6.29 Å². The number of methoxy groups -OCH3 is 1. The molecule has 0 aliphatic heterocycles. The number of hydrogen-bond donors (Lipinski definition) is 0. The smallest absolute Gasteiger partial charge is 0.229 e. The van der Waals surface area contributed by atoms with Crippen molar-refractivity contribution in [2.75, 3.05) is 7.11 Å². The number of ether oxygens (including phenoxy) is 1. The third-order valence-electron chi connectivity index (χ3n) is 1.72. The van der Waals surface area contributed by atoms with Crippen LogP contribution in [-0.2, 0) is 9.57 Å². The Hall–Kier alpha value is -0.640. The number of unbranched alkanes of at least 4 members (excludes halogenated alkanes) is 3. The van der Waals surface area contributed by atoms with Gasteiger partial charge in [-0.2, -0.15) is 0 Å². The largest absolute Gasteiger partial charge is 0.344 e. The minimum Gasteiger partial charge on any atom is -0.344 e. The molecule has 0 aliphatic rings. The summed E-state index contributed by atoms with van der Waals surface area (Å²) in [4.78, 5) is 14.1. The summed E-state index contributed by atoms with van der Waals surface area (Å²) in [5.74, 6) is 0. The molecule has 0 rings (SSSR count). The predicted molar refractivity (Wildman–Crippen MR) is 46.4 cm³/mol. The molecular formula is C8H17NO3. The highest BCUT2D eigenvalue weighted by atomic mass is 16.8. The van der Waals surface area contributed by atoms with Gasteiger partial charge in [0.2, 0.25) is 6.29 Å². The lowest BCUT2D eigenvalue weighted by Gasteiger charge is -2.09. The number of hydrogen-bond acceptors (Lipinski definition) is 4. The standard InChI is InChI=1S/C8H17NO3/c1-3-4-5-6-7-8(11-2)12-9-10/h8H,3-7H2,1-2H3. The second-order valence-corrected chi connectivity index (χ2v) is 2.69. The molecule has 0 saturated carbocycles. The first-order valence-electron chi connectivity index (χ1n) is 4.36. The van der Waals surface area contributed by atoms with Crippen molar-refractivity contribution in [3.8, 4) is 0 Å². The molecule has 0 aromatic heterocycles. The second kappa shape index (κ2) is 8.46. The molecule has 4 nitrogen and oxygen atoms in total. The molecule has 4 heteroatoms. The van der Waals surface area contributed by atoms with E-state index in [1.54, 1.807) is 0 Å². The maximum atomic E-state index is 9.71. The Balaban J connectivity index is 3.25. The quantitative estimate of drug-likeness (QED) is 0.246. The normalized spacial score (nSPS) is 12.5. The van der Waals surface area contributed by atoms with Crippen LogP contribution in [0.4, 0.5) is 0 Å². The summed E-state index contributed by atoms with van der Waals surface area (Å²) in [5.41, 5.74) is 0. The van der Waals surface area contributed by atoms with Crippen molar-refractivity contribution in [1.82, 2.24) is 0 Å². The first kappa shape index (κ1) is 11.4. The van der Waals surface area contributed by atoms with Crippen LogP contribution in [-0.4, -0.2) is 13.4 Å². The Labute approximate surface area is 73.2 Å². The van der Waals surface area contributed by atoms with Gasteiger partial charge in [-0.05, 0) is 6.42 Å². The van der Waals surface area contributed by atoms with Crippen LogP contribution in [0.3, 0.4) is 0 Å². The van der Waals surface area contributed by atoms with Gasteiger partial charge >= 0.3 is 0 Å². The van der Waals surface area contributed by atoms with Gasteiger partial charge in [0.15, 0.2) is 5.34 Å². The van der Waals surface area contributed by atoms with E-state index >= 15 is 0 Å². The van der Waals surface area contributed by atoms with Gasteiger partial charge in [0, 0.05) is 13.5 Å². The second-order valence-electron chi connectivity index (χ2n) is 2.69. The predicted octanol–water partition coefficient (Wildman–Crippen LogP) is 2.63. The van der Waals surface area contributed by atoms with Crippen molar-refractivity contribution in [3.63, 3.8) is 0 Å². The fraction of sp³-hybridized carbons (Fsp3) is 1.00. The summed E-state index contributed by atoms with van der Waals surface area (Å²) in [5, 5.41) is 2.33. The summed E-state index contributed by atoms with van der Waals surface area (Å²) in [7, 11) is 1.51. The highest BCUT2D eigenvalue weighted by Crippen LogP contribution is 2.08. The summed E-state index contributed by atoms with van der Waals surface area (Å²) in [6.07, 6.45) is 4.86. The molecule has 1 atom stereocenters. The molecule has 0 spiro atoms. The molecule has 0 amide bonds. The van der Waals surface area contributed by atoms with E-state index in [0.29, 0.717) is 0 Å². The summed E-state index contributed by atoms with van der Waals surface area (Å²) < 4.78 is 4.85. The molecule has 1 unspecified atom stereocenters. The van der Waals surface area contributed by atoms with E-state index in [1.165, 1.54) is 20.0 Å². The van der Waals surface area contributed by atoms with Crippen molar-refractivity contribution < 1.29 is 9.57 Å².